The van der Waals surface area contributed by atoms with Gasteiger partial charge in [0.25, 0.3) is 5.56 Å². The second-order valence-corrected chi connectivity index (χ2v) is 7.36. The first-order valence-corrected chi connectivity index (χ1v) is 9.54. The van der Waals surface area contributed by atoms with Crippen LogP contribution in [0.15, 0.2) is 22.3 Å². The van der Waals surface area contributed by atoms with Gasteiger partial charge in [-0.2, -0.15) is 0 Å². The summed E-state index contributed by atoms with van der Waals surface area (Å²) in [4.78, 5) is 20.7. The second kappa shape index (κ2) is 7.55. The number of thiophene rings is 2. The fraction of sp³-hybridized carbons (Fsp3) is 0.412. The van der Waals surface area contributed by atoms with E-state index in [1.54, 1.807) is 29.8 Å². The molecule has 4 nitrogen and oxygen atoms in total. The van der Waals surface area contributed by atoms with Gasteiger partial charge in [0.15, 0.2) is 0 Å². The summed E-state index contributed by atoms with van der Waals surface area (Å²) in [6.07, 6.45) is 1.33. The van der Waals surface area contributed by atoms with Crippen LogP contribution < -0.4 is 5.56 Å². The number of hydrogen-bond acceptors (Lipinski definition) is 5. The summed E-state index contributed by atoms with van der Waals surface area (Å²) in [7, 11) is 1.60. The van der Waals surface area contributed by atoms with Crippen LogP contribution in [-0.4, -0.2) is 29.9 Å². The lowest BCUT2D eigenvalue weighted by Crippen LogP contribution is -2.26. The fourth-order valence-electron chi connectivity index (χ4n) is 2.80. The van der Waals surface area contributed by atoms with Gasteiger partial charge in [0.2, 0.25) is 0 Å². The maximum absolute atomic E-state index is 13.1. The smallest absolute Gasteiger partial charge is 0.263 e. The maximum Gasteiger partial charge on any atom is 0.263 e. The number of halogens is 1. The molecule has 128 valence electrons. The quantitative estimate of drug-likeness (QED) is 0.637. The van der Waals surface area contributed by atoms with Crippen molar-refractivity contribution in [1.29, 1.82) is 0 Å². The minimum atomic E-state index is -0.591. The SMILES string of the molecule is CCc1sc2nc(CCOC)n(CCF)c(=O)c2c1-c1cccs1. The summed E-state index contributed by atoms with van der Waals surface area (Å²) >= 11 is 3.17. The van der Waals surface area contributed by atoms with Crippen LogP contribution in [0.25, 0.3) is 20.7 Å². The van der Waals surface area contributed by atoms with Crippen LogP contribution in [0.5, 0.6) is 0 Å². The first kappa shape index (κ1) is 17.3. The Labute approximate surface area is 147 Å². The number of aryl methyl sites for hydroxylation is 1. The third-order valence-electron chi connectivity index (χ3n) is 3.89. The van der Waals surface area contributed by atoms with Gasteiger partial charge < -0.3 is 4.74 Å². The molecule has 3 heterocycles. The zero-order valence-corrected chi connectivity index (χ0v) is 15.3. The van der Waals surface area contributed by atoms with Crippen LogP contribution in [-0.2, 0) is 24.1 Å². The Bertz CT molecular complexity index is 884. The lowest BCUT2D eigenvalue weighted by molar-refractivity contribution is 0.199. The topological polar surface area (TPSA) is 44.1 Å². The highest BCUT2D eigenvalue weighted by Crippen LogP contribution is 2.38. The summed E-state index contributed by atoms with van der Waals surface area (Å²) in [6, 6.07) is 3.99. The molecule has 0 amide bonds. The zero-order chi connectivity index (χ0) is 17.1. The monoisotopic (exact) mass is 366 g/mol. The molecular weight excluding hydrogens is 347 g/mol. The lowest BCUT2D eigenvalue weighted by Gasteiger charge is -2.11. The molecule has 0 unspecified atom stereocenters. The Balaban J connectivity index is 2.29. The number of methoxy groups -OCH3 is 1. The van der Waals surface area contributed by atoms with Crippen molar-refractivity contribution >= 4 is 32.9 Å². The van der Waals surface area contributed by atoms with Gasteiger partial charge in [-0.25, -0.2) is 9.37 Å². The number of fused-ring (bicyclic) bond motifs is 1. The zero-order valence-electron chi connectivity index (χ0n) is 13.7. The molecule has 0 saturated carbocycles. The van der Waals surface area contributed by atoms with Gasteiger partial charge in [-0.05, 0) is 17.9 Å². The number of ether oxygens (including phenoxy) is 1. The number of hydrogen-bond donors (Lipinski definition) is 0. The molecule has 7 heteroatoms. The van der Waals surface area contributed by atoms with E-state index in [-0.39, 0.29) is 12.1 Å². The normalized spacial score (nSPS) is 11.5. The summed E-state index contributed by atoms with van der Waals surface area (Å²) in [5.41, 5.74) is 0.819. The molecule has 0 spiro atoms. The molecule has 0 saturated heterocycles. The van der Waals surface area contributed by atoms with Crippen molar-refractivity contribution in [3.05, 3.63) is 38.6 Å². The van der Waals surface area contributed by atoms with Crippen LogP contribution >= 0.6 is 22.7 Å². The van der Waals surface area contributed by atoms with Gasteiger partial charge in [0, 0.05) is 28.8 Å². The molecule has 0 aliphatic carbocycles. The maximum atomic E-state index is 13.1. The lowest BCUT2D eigenvalue weighted by atomic mass is 10.1. The Hall–Kier alpha value is -1.57. The molecule has 0 fully saturated rings. The van der Waals surface area contributed by atoms with E-state index in [0.29, 0.717) is 24.2 Å². The van der Waals surface area contributed by atoms with Crippen LogP contribution in [0, 0.1) is 0 Å². The highest BCUT2D eigenvalue weighted by molar-refractivity contribution is 7.20. The van der Waals surface area contributed by atoms with Crippen LogP contribution in [0.3, 0.4) is 0 Å². The third kappa shape index (κ3) is 3.03. The van der Waals surface area contributed by atoms with E-state index in [0.717, 1.165) is 26.6 Å². The van der Waals surface area contributed by atoms with Crippen molar-refractivity contribution in [2.45, 2.75) is 26.3 Å². The standard InChI is InChI=1S/C17H19FN2O2S2/c1-3-11-14(12-5-4-10-23-12)15-16(24-11)19-13(6-9-22-2)20(8-7-18)17(15)21/h4-5,10H,3,6-9H2,1-2H3. The first-order valence-electron chi connectivity index (χ1n) is 7.85. The van der Waals surface area contributed by atoms with Crippen molar-refractivity contribution in [3.8, 4) is 10.4 Å². The average molecular weight is 366 g/mol. The molecule has 0 radical (unpaired) electrons. The van der Waals surface area contributed by atoms with Gasteiger partial charge in [-0.15, -0.1) is 22.7 Å². The fourth-order valence-corrected chi connectivity index (χ4v) is 4.80. The molecule has 3 aromatic rings. The Morgan fingerprint density at radius 3 is 2.88 bits per heavy atom. The number of alkyl halides is 1. The van der Waals surface area contributed by atoms with Crippen LogP contribution in [0.1, 0.15) is 17.6 Å². The molecular formula is C17H19FN2O2S2. The van der Waals surface area contributed by atoms with Gasteiger partial charge in [0.1, 0.15) is 17.3 Å². The Kier molecular flexibility index (Phi) is 5.43. The van der Waals surface area contributed by atoms with E-state index in [1.165, 1.54) is 4.57 Å². The van der Waals surface area contributed by atoms with E-state index >= 15 is 0 Å². The van der Waals surface area contributed by atoms with Crippen molar-refractivity contribution in [2.24, 2.45) is 0 Å². The van der Waals surface area contributed by atoms with Crippen molar-refractivity contribution in [3.63, 3.8) is 0 Å². The summed E-state index contributed by atoms with van der Waals surface area (Å²) in [5, 5.41) is 2.62. The molecule has 0 bridgehead atoms. The second-order valence-electron chi connectivity index (χ2n) is 5.33. The average Bonchev–Trinajstić information content (AvgIpc) is 3.22. The molecule has 24 heavy (non-hydrogen) atoms. The summed E-state index contributed by atoms with van der Waals surface area (Å²) in [5.74, 6) is 0.591. The van der Waals surface area contributed by atoms with Gasteiger partial charge >= 0.3 is 0 Å². The molecule has 0 aliphatic rings. The van der Waals surface area contributed by atoms with Crippen LogP contribution in [0.2, 0.25) is 0 Å². The van der Waals surface area contributed by atoms with E-state index in [9.17, 15) is 9.18 Å². The number of aromatic nitrogens is 2. The molecule has 3 aromatic heterocycles. The Morgan fingerprint density at radius 2 is 2.25 bits per heavy atom. The van der Waals surface area contributed by atoms with Crippen molar-refractivity contribution < 1.29 is 9.13 Å². The highest BCUT2D eigenvalue weighted by atomic mass is 32.1. The minimum absolute atomic E-state index is 0.0298. The predicted molar refractivity (Wildman–Crippen MR) is 98.1 cm³/mol. The molecule has 0 aliphatic heterocycles. The van der Waals surface area contributed by atoms with Gasteiger partial charge in [0.05, 0.1) is 18.5 Å². The molecule has 0 aromatic carbocycles. The van der Waals surface area contributed by atoms with Crippen molar-refractivity contribution in [1.82, 2.24) is 9.55 Å². The number of nitrogens with zero attached hydrogens (tertiary/aromatic N) is 2. The van der Waals surface area contributed by atoms with E-state index in [2.05, 4.69) is 11.9 Å². The minimum Gasteiger partial charge on any atom is -0.384 e. The number of rotatable bonds is 7. The Morgan fingerprint density at radius 1 is 1.42 bits per heavy atom. The molecule has 0 atom stereocenters. The van der Waals surface area contributed by atoms with Gasteiger partial charge in [-0.3, -0.25) is 9.36 Å². The van der Waals surface area contributed by atoms with Gasteiger partial charge in [-0.1, -0.05) is 13.0 Å². The first-order chi connectivity index (χ1) is 11.7. The van der Waals surface area contributed by atoms with Crippen LogP contribution in [0.4, 0.5) is 4.39 Å². The predicted octanol–water partition coefficient (Wildman–Crippen LogP) is 3.91. The van der Waals surface area contributed by atoms with E-state index < -0.39 is 6.67 Å². The summed E-state index contributed by atoms with van der Waals surface area (Å²) < 4.78 is 19.6. The molecule has 0 N–H and O–H groups in total. The van der Waals surface area contributed by atoms with Crippen molar-refractivity contribution in [2.75, 3.05) is 20.4 Å². The third-order valence-corrected chi connectivity index (χ3v) is 6.01. The largest absolute Gasteiger partial charge is 0.384 e. The highest BCUT2D eigenvalue weighted by Gasteiger charge is 2.21. The van der Waals surface area contributed by atoms with E-state index in [4.69, 9.17) is 4.74 Å². The molecule has 3 rings (SSSR count). The summed E-state index contributed by atoms with van der Waals surface area (Å²) in [6.45, 7) is 1.97. The van der Waals surface area contributed by atoms with E-state index in [1.807, 2.05) is 17.5 Å².